The number of carbonyl (C=O) groups excluding carboxylic acids is 2. The zero-order chi connectivity index (χ0) is 22.6. The molecule has 2 amide bonds. The number of anilines is 1. The van der Waals surface area contributed by atoms with Crippen molar-refractivity contribution in [2.45, 2.75) is 57.8 Å². The molecule has 0 spiro atoms. The van der Waals surface area contributed by atoms with Crippen molar-refractivity contribution in [2.24, 2.45) is 29.1 Å². The van der Waals surface area contributed by atoms with Crippen molar-refractivity contribution in [2.75, 3.05) is 25.0 Å². The third-order valence-electron chi connectivity index (χ3n) is 8.84. The Morgan fingerprint density at radius 1 is 1.06 bits per heavy atom. The summed E-state index contributed by atoms with van der Waals surface area (Å²) >= 11 is 0. The monoisotopic (exact) mass is 450 g/mol. The standard InChI is InChI=1S/C26H34N4O3/c31-16-17-4-6-29(7-5-17)25(33)21-15-30-22(27-21)2-1-3-23(30)28-24(32)14-26-11-18-8-19(12-26)10-20(9-18)13-26/h1-3,15,17-20,31H,4-14,16H2,(H,28,32). The summed E-state index contributed by atoms with van der Waals surface area (Å²) in [5.74, 6) is 3.45. The van der Waals surface area contributed by atoms with Crippen molar-refractivity contribution >= 4 is 23.3 Å². The van der Waals surface area contributed by atoms with Gasteiger partial charge in [0.05, 0.1) is 0 Å². The summed E-state index contributed by atoms with van der Waals surface area (Å²) in [6, 6.07) is 5.63. The van der Waals surface area contributed by atoms with Crippen molar-refractivity contribution in [1.29, 1.82) is 0 Å². The zero-order valence-corrected chi connectivity index (χ0v) is 19.2. The first-order valence-corrected chi connectivity index (χ1v) is 12.7. The average Bonchev–Trinajstić information content (AvgIpc) is 3.23. The summed E-state index contributed by atoms with van der Waals surface area (Å²) in [5.41, 5.74) is 1.26. The highest BCUT2D eigenvalue weighted by Crippen LogP contribution is 2.61. The van der Waals surface area contributed by atoms with E-state index in [9.17, 15) is 14.7 Å². The van der Waals surface area contributed by atoms with Crippen LogP contribution in [0.5, 0.6) is 0 Å². The van der Waals surface area contributed by atoms with Crippen LogP contribution in [-0.2, 0) is 4.79 Å². The van der Waals surface area contributed by atoms with E-state index in [4.69, 9.17) is 0 Å². The van der Waals surface area contributed by atoms with E-state index in [1.165, 1.54) is 38.5 Å². The Bertz CT molecular complexity index is 1030. The highest BCUT2D eigenvalue weighted by atomic mass is 16.3. The molecule has 4 aliphatic carbocycles. The first kappa shape index (κ1) is 21.1. The number of rotatable bonds is 5. The second-order valence-corrected chi connectivity index (χ2v) is 11.3. The van der Waals surface area contributed by atoms with E-state index in [-0.39, 0.29) is 29.8 Å². The second kappa shape index (κ2) is 8.12. The maximum Gasteiger partial charge on any atom is 0.274 e. The molecule has 0 atom stereocenters. The minimum Gasteiger partial charge on any atom is -0.396 e. The molecule has 5 aliphatic rings. The number of amides is 2. The molecule has 4 saturated carbocycles. The Labute approximate surface area is 194 Å². The number of carbonyl (C=O) groups is 2. The van der Waals surface area contributed by atoms with Gasteiger partial charge in [-0.15, -0.1) is 0 Å². The number of aliphatic hydroxyl groups is 1. The van der Waals surface area contributed by atoms with Crippen LogP contribution in [0.25, 0.3) is 5.65 Å². The molecule has 5 fully saturated rings. The number of piperidine rings is 1. The molecule has 0 aromatic carbocycles. The van der Waals surface area contributed by atoms with Gasteiger partial charge in [0.25, 0.3) is 5.91 Å². The zero-order valence-electron chi connectivity index (χ0n) is 19.2. The van der Waals surface area contributed by atoms with Crippen LogP contribution in [0.15, 0.2) is 24.4 Å². The van der Waals surface area contributed by atoms with Crippen molar-refractivity contribution in [3.05, 3.63) is 30.1 Å². The number of imidazole rings is 1. The Hall–Kier alpha value is -2.41. The minimum absolute atomic E-state index is 0.0807. The summed E-state index contributed by atoms with van der Waals surface area (Å²) in [7, 11) is 0. The number of hydrogen-bond acceptors (Lipinski definition) is 4. The van der Waals surface area contributed by atoms with E-state index in [2.05, 4.69) is 10.3 Å². The van der Waals surface area contributed by atoms with Gasteiger partial charge in [-0.05, 0) is 92.6 Å². The number of nitrogens with one attached hydrogen (secondary N) is 1. The van der Waals surface area contributed by atoms with Crippen molar-refractivity contribution in [3.8, 4) is 0 Å². The summed E-state index contributed by atoms with van der Waals surface area (Å²) in [5, 5.41) is 12.5. The lowest BCUT2D eigenvalue weighted by atomic mass is 9.49. The third kappa shape index (κ3) is 3.94. The van der Waals surface area contributed by atoms with E-state index in [1.807, 2.05) is 27.5 Å². The van der Waals surface area contributed by atoms with Gasteiger partial charge in [-0.2, -0.15) is 0 Å². The molecule has 2 aromatic heterocycles. The number of nitrogens with zero attached hydrogens (tertiary/aromatic N) is 3. The van der Waals surface area contributed by atoms with Crippen LogP contribution in [0.2, 0.25) is 0 Å². The van der Waals surface area contributed by atoms with Gasteiger partial charge >= 0.3 is 0 Å². The molecule has 2 aromatic rings. The summed E-state index contributed by atoms with van der Waals surface area (Å²) in [4.78, 5) is 32.5. The topological polar surface area (TPSA) is 86.9 Å². The van der Waals surface area contributed by atoms with Gasteiger partial charge in [-0.25, -0.2) is 4.98 Å². The molecule has 3 heterocycles. The number of fused-ring (bicyclic) bond motifs is 1. The van der Waals surface area contributed by atoms with E-state index < -0.39 is 0 Å². The van der Waals surface area contributed by atoms with E-state index in [1.54, 1.807) is 6.20 Å². The SMILES string of the molecule is O=C(CC12CC3CC(CC(C3)C1)C2)Nc1cccc2nc(C(=O)N3CCC(CO)CC3)cn12. The van der Waals surface area contributed by atoms with E-state index in [0.717, 1.165) is 30.6 Å². The molecule has 7 heteroatoms. The van der Waals surface area contributed by atoms with Crippen LogP contribution < -0.4 is 5.32 Å². The number of pyridine rings is 1. The molecular weight excluding hydrogens is 416 g/mol. The highest BCUT2D eigenvalue weighted by Gasteiger charge is 2.51. The van der Waals surface area contributed by atoms with Gasteiger partial charge in [0.1, 0.15) is 17.2 Å². The second-order valence-electron chi connectivity index (χ2n) is 11.3. The van der Waals surface area contributed by atoms with Crippen LogP contribution in [0, 0.1) is 29.1 Å². The molecule has 7 rings (SSSR count). The summed E-state index contributed by atoms with van der Waals surface area (Å²) < 4.78 is 1.82. The van der Waals surface area contributed by atoms with Crippen LogP contribution in [0.1, 0.15) is 68.3 Å². The van der Waals surface area contributed by atoms with E-state index >= 15 is 0 Å². The van der Waals surface area contributed by atoms with Gasteiger partial charge in [0.15, 0.2) is 0 Å². The number of likely N-dealkylation sites (tertiary alicyclic amines) is 1. The van der Waals surface area contributed by atoms with Crippen molar-refractivity contribution in [1.82, 2.24) is 14.3 Å². The van der Waals surface area contributed by atoms with Crippen LogP contribution >= 0.6 is 0 Å². The maximum absolute atomic E-state index is 13.1. The number of aliphatic hydroxyl groups excluding tert-OH is 1. The quantitative estimate of drug-likeness (QED) is 0.727. The highest BCUT2D eigenvalue weighted by molar-refractivity contribution is 5.94. The number of hydrogen-bond donors (Lipinski definition) is 2. The van der Waals surface area contributed by atoms with Gasteiger partial charge < -0.3 is 15.3 Å². The van der Waals surface area contributed by atoms with Gasteiger partial charge in [-0.1, -0.05) is 6.07 Å². The molecule has 4 bridgehead atoms. The molecule has 0 radical (unpaired) electrons. The van der Waals surface area contributed by atoms with Crippen LogP contribution in [-0.4, -0.2) is 50.9 Å². The first-order chi connectivity index (χ1) is 16.0. The van der Waals surface area contributed by atoms with Crippen LogP contribution in [0.4, 0.5) is 5.82 Å². The van der Waals surface area contributed by atoms with E-state index in [0.29, 0.717) is 36.7 Å². The first-order valence-electron chi connectivity index (χ1n) is 12.7. The largest absolute Gasteiger partial charge is 0.396 e. The minimum atomic E-state index is -0.0825. The molecule has 33 heavy (non-hydrogen) atoms. The molecule has 0 unspecified atom stereocenters. The average molecular weight is 451 g/mol. The predicted molar refractivity (Wildman–Crippen MR) is 125 cm³/mol. The molecule has 2 N–H and O–H groups in total. The van der Waals surface area contributed by atoms with Crippen molar-refractivity contribution in [3.63, 3.8) is 0 Å². The molecule has 1 aliphatic heterocycles. The Kier molecular flexibility index (Phi) is 5.20. The summed E-state index contributed by atoms with van der Waals surface area (Å²) in [6.07, 6.45) is 11.8. The lowest BCUT2D eigenvalue weighted by molar-refractivity contribution is -0.124. The molecule has 7 nitrogen and oxygen atoms in total. The predicted octanol–water partition coefficient (Wildman–Crippen LogP) is 3.72. The fourth-order valence-electron chi connectivity index (χ4n) is 7.73. The lowest BCUT2D eigenvalue weighted by Gasteiger charge is -2.56. The third-order valence-corrected chi connectivity index (χ3v) is 8.84. The molecule has 176 valence electrons. The lowest BCUT2D eigenvalue weighted by Crippen LogP contribution is -2.47. The molecular formula is C26H34N4O3. The van der Waals surface area contributed by atoms with Gasteiger partial charge in [0.2, 0.25) is 5.91 Å². The molecule has 1 saturated heterocycles. The van der Waals surface area contributed by atoms with Gasteiger partial charge in [-0.3, -0.25) is 14.0 Å². The fraction of sp³-hybridized carbons (Fsp3) is 0.654. The van der Waals surface area contributed by atoms with Gasteiger partial charge in [0, 0.05) is 32.3 Å². The smallest absolute Gasteiger partial charge is 0.274 e. The van der Waals surface area contributed by atoms with Crippen LogP contribution in [0.3, 0.4) is 0 Å². The Morgan fingerprint density at radius 3 is 2.36 bits per heavy atom. The van der Waals surface area contributed by atoms with Crippen molar-refractivity contribution < 1.29 is 14.7 Å². The fourth-order valence-corrected chi connectivity index (χ4v) is 7.73. The summed E-state index contributed by atoms with van der Waals surface area (Å²) in [6.45, 7) is 1.47. The Balaban J connectivity index is 1.16. The maximum atomic E-state index is 13.1. The number of aromatic nitrogens is 2. The normalized spacial score (nSPS) is 31.3. The Morgan fingerprint density at radius 2 is 1.73 bits per heavy atom.